The van der Waals surface area contributed by atoms with E-state index in [-0.39, 0.29) is 12.6 Å². The maximum Gasteiger partial charge on any atom is 0.239 e. The highest BCUT2D eigenvalue weighted by Crippen LogP contribution is 2.33. The highest BCUT2D eigenvalue weighted by Gasteiger charge is 2.23. The third-order valence-corrected chi connectivity index (χ3v) is 3.76. The van der Waals surface area contributed by atoms with E-state index in [0.717, 1.165) is 5.56 Å². The number of likely N-dealkylation sites (N-methyl/N-ethyl adjacent to an activating group) is 1. The Kier molecular flexibility index (Phi) is 4.16. The number of carbonyl (C=O) groups excluding carboxylic acids is 1. The Labute approximate surface area is 133 Å². The van der Waals surface area contributed by atoms with Gasteiger partial charge in [-0.25, -0.2) is 4.39 Å². The molecule has 1 amide bonds. The Morgan fingerprint density at radius 1 is 1.22 bits per heavy atom. The van der Waals surface area contributed by atoms with Crippen LogP contribution >= 0.6 is 0 Å². The minimum absolute atomic E-state index is 0.216. The summed E-state index contributed by atoms with van der Waals surface area (Å²) in [7, 11) is 1.80. The summed E-state index contributed by atoms with van der Waals surface area (Å²) in [5.74, 6) is 0.560. The van der Waals surface area contributed by atoms with Crippen LogP contribution < -0.4 is 15.2 Å². The fourth-order valence-electron chi connectivity index (χ4n) is 2.70. The van der Waals surface area contributed by atoms with Gasteiger partial charge in [0.05, 0.1) is 0 Å². The van der Waals surface area contributed by atoms with Gasteiger partial charge in [-0.05, 0) is 42.4 Å². The molecule has 0 aromatic heterocycles. The van der Waals surface area contributed by atoms with Gasteiger partial charge in [0.25, 0.3) is 0 Å². The molecule has 0 spiro atoms. The van der Waals surface area contributed by atoms with E-state index in [1.54, 1.807) is 19.2 Å². The number of rotatable bonds is 5. The maximum absolute atomic E-state index is 13.1. The second kappa shape index (κ2) is 6.26. The molecule has 2 N–H and O–H groups in total. The topological polar surface area (TPSA) is 64.8 Å². The van der Waals surface area contributed by atoms with Crippen LogP contribution in [-0.4, -0.2) is 24.6 Å². The summed E-state index contributed by atoms with van der Waals surface area (Å²) in [6.45, 7) is 0.704. The van der Waals surface area contributed by atoms with E-state index in [1.165, 1.54) is 12.1 Å². The SMILES string of the molecule is CN(Cc1ccc2c(c1)OCO2)[C@H](C(N)=O)c1ccc(F)cc1. The molecule has 1 atom stereocenters. The zero-order chi connectivity index (χ0) is 16.4. The van der Waals surface area contributed by atoms with Gasteiger partial charge in [0.1, 0.15) is 11.9 Å². The number of nitrogens with zero attached hydrogens (tertiary/aromatic N) is 1. The minimum atomic E-state index is -0.638. The lowest BCUT2D eigenvalue weighted by atomic mass is 10.0. The summed E-state index contributed by atoms with van der Waals surface area (Å²) in [6.07, 6.45) is 0. The monoisotopic (exact) mass is 316 g/mol. The Morgan fingerprint density at radius 2 is 1.91 bits per heavy atom. The number of carbonyl (C=O) groups is 1. The number of ether oxygens (including phenoxy) is 2. The smallest absolute Gasteiger partial charge is 0.239 e. The van der Waals surface area contributed by atoms with Crippen molar-refractivity contribution in [3.8, 4) is 11.5 Å². The average molecular weight is 316 g/mol. The molecule has 5 nitrogen and oxygen atoms in total. The van der Waals surface area contributed by atoms with Gasteiger partial charge < -0.3 is 15.2 Å². The van der Waals surface area contributed by atoms with Crippen molar-refractivity contribution in [2.45, 2.75) is 12.6 Å². The number of fused-ring (bicyclic) bond motifs is 1. The van der Waals surface area contributed by atoms with Gasteiger partial charge in [-0.3, -0.25) is 9.69 Å². The molecule has 0 aliphatic carbocycles. The van der Waals surface area contributed by atoms with Crippen molar-refractivity contribution in [2.75, 3.05) is 13.8 Å². The second-order valence-electron chi connectivity index (χ2n) is 5.46. The highest BCUT2D eigenvalue weighted by molar-refractivity contribution is 5.81. The first kappa shape index (κ1) is 15.3. The van der Waals surface area contributed by atoms with Crippen molar-refractivity contribution in [1.82, 2.24) is 4.90 Å². The molecule has 23 heavy (non-hydrogen) atoms. The van der Waals surface area contributed by atoms with Crippen molar-refractivity contribution in [2.24, 2.45) is 5.73 Å². The van der Waals surface area contributed by atoms with Gasteiger partial charge in [-0.2, -0.15) is 0 Å². The normalized spacial score (nSPS) is 14.0. The lowest BCUT2D eigenvalue weighted by Crippen LogP contribution is -2.35. The molecular formula is C17H17FN2O3. The molecule has 0 saturated heterocycles. The predicted octanol–water partition coefficient (Wildman–Crippen LogP) is 2.21. The number of nitrogens with two attached hydrogens (primary N) is 1. The summed E-state index contributed by atoms with van der Waals surface area (Å²) < 4.78 is 23.7. The van der Waals surface area contributed by atoms with Gasteiger partial charge in [0.2, 0.25) is 12.7 Å². The van der Waals surface area contributed by atoms with Gasteiger partial charge in [-0.1, -0.05) is 18.2 Å². The van der Waals surface area contributed by atoms with Crippen molar-refractivity contribution in [1.29, 1.82) is 0 Å². The zero-order valence-electron chi connectivity index (χ0n) is 12.7. The molecule has 0 bridgehead atoms. The fourth-order valence-corrected chi connectivity index (χ4v) is 2.70. The van der Waals surface area contributed by atoms with Gasteiger partial charge in [0.15, 0.2) is 11.5 Å². The summed E-state index contributed by atoms with van der Waals surface area (Å²) in [4.78, 5) is 13.7. The zero-order valence-corrected chi connectivity index (χ0v) is 12.7. The number of amides is 1. The second-order valence-corrected chi connectivity index (χ2v) is 5.46. The van der Waals surface area contributed by atoms with E-state index in [1.807, 2.05) is 23.1 Å². The Bertz CT molecular complexity index is 718. The van der Waals surface area contributed by atoms with Crippen molar-refractivity contribution < 1.29 is 18.7 Å². The first-order valence-corrected chi connectivity index (χ1v) is 7.18. The standard InChI is InChI=1S/C17H17FN2O3/c1-20(9-11-2-7-14-15(8-11)23-10-22-14)16(17(19)21)12-3-5-13(18)6-4-12/h2-8,16H,9-10H2,1H3,(H2,19,21)/t16-/m0/s1. The summed E-state index contributed by atoms with van der Waals surface area (Å²) in [6, 6.07) is 10.8. The predicted molar refractivity (Wildman–Crippen MR) is 82.4 cm³/mol. The largest absolute Gasteiger partial charge is 0.454 e. The molecule has 1 aliphatic heterocycles. The Morgan fingerprint density at radius 3 is 2.61 bits per heavy atom. The Balaban J connectivity index is 1.80. The third kappa shape index (κ3) is 3.27. The Hall–Kier alpha value is -2.60. The van der Waals surface area contributed by atoms with Crippen LogP contribution in [0.5, 0.6) is 11.5 Å². The quantitative estimate of drug-likeness (QED) is 0.918. The minimum Gasteiger partial charge on any atom is -0.454 e. The van der Waals surface area contributed by atoms with Gasteiger partial charge >= 0.3 is 0 Å². The lowest BCUT2D eigenvalue weighted by molar-refractivity contribution is -0.123. The van der Waals surface area contributed by atoms with Crippen molar-refractivity contribution in [3.05, 3.63) is 59.4 Å². The summed E-state index contributed by atoms with van der Waals surface area (Å²) in [5.41, 5.74) is 7.15. The van der Waals surface area contributed by atoms with Crippen LogP contribution in [0.4, 0.5) is 4.39 Å². The number of hydrogen-bond acceptors (Lipinski definition) is 4. The first-order valence-electron chi connectivity index (χ1n) is 7.18. The van der Waals surface area contributed by atoms with E-state index in [2.05, 4.69) is 0 Å². The van der Waals surface area contributed by atoms with Crippen molar-refractivity contribution >= 4 is 5.91 Å². The maximum atomic E-state index is 13.1. The number of benzene rings is 2. The molecule has 3 rings (SSSR count). The molecule has 0 unspecified atom stereocenters. The van der Waals surface area contributed by atoms with E-state index >= 15 is 0 Å². The van der Waals surface area contributed by atoms with E-state index < -0.39 is 11.9 Å². The van der Waals surface area contributed by atoms with Crippen LogP contribution in [0.15, 0.2) is 42.5 Å². The summed E-state index contributed by atoms with van der Waals surface area (Å²) >= 11 is 0. The molecule has 2 aromatic carbocycles. The number of halogens is 1. The molecular weight excluding hydrogens is 299 g/mol. The lowest BCUT2D eigenvalue weighted by Gasteiger charge is -2.26. The molecule has 2 aromatic rings. The third-order valence-electron chi connectivity index (χ3n) is 3.76. The molecule has 120 valence electrons. The van der Waals surface area contributed by atoms with Crippen LogP contribution in [0, 0.1) is 5.82 Å². The van der Waals surface area contributed by atoms with Crippen molar-refractivity contribution in [3.63, 3.8) is 0 Å². The average Bonchev–Trinajstić information content (AvgIpc) is 2.96. The van der Waals surface area contributed by atoms with Crippen LogP contribution in [0.25, 0.3) is 0 Å². The van der Waals surface area contributed by atoms with Gasteiger partial charge in [-0.15, -0.1) is 0 Å². The number of hydrogen-bond donors (Lipinski definition) is 1. The fraction of sp³-hybridized carbons (Fsp3) is 0.235. The molecule has 0 fully saturated rings. The van der Waals surface area contributed by atoms with E-state index in [9.17, 15) is 9.18 Å². The van der Waals surface area contributed by atoms with Crippen LogP contribution in [0.3, 0.4) is 0 Å². The van der Waals surface area contributed by atoms with E-state index in [4.69, 9.17) is 15.2 Å². The molecule has 6 heteroatoms. The summed E-state index contributed by atoms with van der Waals surface area (Å²) in [5, 5.41) is 0. The molecule has 1 heterocycles. The van der Waals surface area contributed by atoms with E-state index in [0.29, 0.717) is 23.6 Å². The number of primary amides is 1. The highest BCUT2D eigenvalue weighted by atomic mass is 19.1. The molecule has 0 saturated carbocycles. The van der Waals surface area contributed by atoms with Crippen LogP contribution in [-0.2, 0) is 11.3 Å². The van der Waals surface area contributed by atoms with Crippen LogP contribution in [0.2, 0.25) is 0 Å². The van der Waals surface area contributed by atoms with Gasteiger partial charge in [0, 0.05) is 6.54 Å². The molecule has 1 aliphatic rings. The van der Waals surface area contributed by atoms with Crippen LogP contribution in [0.1, 0.15) is 17.2 Å². The first-order chi connectivity index (χ1) is 11.0. The molecule has 0 radical (unpaired) electrons.